The highest BCUT2D eigenvalue weighted by atomic mass is 32.1. The van der Waals surface area contributed by atoms with E-state index in [0.29, 0.717) is 23.0 Å². The number of carbonyl (C=O) groups excluding carboxylic acids is 1. The first-order valence-electron chi connectivity index (χ1n) is 12.3. The number of nitrogens with zero attached hydrogens (tertiary/aromatic N) is 3. The lowest BCUT2D eigenvalue weighted by Gasteiger charge is -2.29. The third kappa shape index (κ3) is 4.80. The Balaban J connectivity index is 1.61. The van der Waals surface area contributed by atoms with E-state index < -0.39 is 0 Å². The predicted octanol–water partition coefficient (Wildman–Crippen LogP) is 5.42. The van der Waals surface area contributed by atoms with E-state index in [4.69, 9.17) is 21.7 Å². The first-order valence-corrected chi connectivity index (χ1v) is 12.7. The molecule has 2 aromatic carbocycles. The van der Waals surface area contributed by atoms with Crippen LogP contribution in [0, 0.1) is 0 Å². The smallest absolute Gasteiger partial charge is 0.224 e. The number of benzene rings is 2. The Bertz CT molecular complexity index is 1440. The summed E-state index contributed by atoms with van der Waals surface area (Å²) < 4.78 is 13.1. The fourth-order valence-corrected chi connectivity index (χ4v) is 5.06. The van der Waals surface area contributed by atoms with Crippen LogP contribution in [0.25, 0.3) is 5.69 Å². The van der Waals surface area contributed by atoms with Gasteiger partial charge in [0.05, 0.1) is 31.6 Å². The van der Waals surface area contributed by atoms with Crippen molar-refractivity contribution in [2.24, 2.45) is 0 Å². The fourth-order valence-electron chi connectivity index (χ4n) is 4.72. The minimum Gasteiger partial charge on any atom is -0.497 e. The molecule has 1 aliphatic rings. The first kappa shape index (κ1) is 25.3. The van der Waals surface area contributed by atoms with Crippen LogP contribution in [-0.2, 0) is 4.79 Å². The number of carbonyl (C=O) groups is 1. The molecule has 0 radical (unpaired) electrons. The van der Waals surface area contributed by atoms with Gasteiger partial charge in [0.1, 0.15) is 17.5 Å². The van der Waals surface area contributed by atoms with Crippen molar-refractivity contribution in [1.29, 1.82) is 0 Å². The molecule has 2 N–H and O–H groups in total. The van der Waals surface area contributed by atoms with E-state index in [9.17, 15) is 4.79 Å². The summed E-state index contributed by atoms with van der Waals surface area (Å²) in [5, 5.41) is 6.97. The van der Waals surface area contributed by atoms with Gasteiger partial charge in [0, 0.05) is 41.9 Å². The lowest BCUT2D eigenvalue weighted by molar-refractivity contribution is -0.115. The molecule has 2 aromatic heterocycles. The summed E-state index contributed by atoms with van der Waals surface area (Å²) in [6, 6.07) is 23.2. The van der Waals surface area contributed by atoms with Crippen molar-refractivity contribution in [1.82, 2.24) is 14.9 Å². The number of nitrogens with one attached hydrogen (secondary N) is 2. The normalized spacial score (nSPS) is 16.7. The van der Waals surface area contributed by atoms with E-state index in [1.165, 1.54) is 0 Å². The summed E-state index contributed by atoms with van der Waals surface area (Å²) in [6.45, 7) is 1.81. The number of hydrogen-bond acceptors (Lipinski definition) is 5. The highest BCUT2D eigenvalue weighted by Crippen LogP contribution is 2.44. The second-order valence-electron chi connectivity index (χ2n) is 8.78. The number of rotatable bonds is 8. The van der Waals surface area contributed by atoms with Crippen LogP contribution >= 0.6 is 12.2 Å². The van der Waals surface area contributed by atoms with Crippen LogP contribution in [0.5, 0.6) is 11.5 Å². The standard InChI is InChI=1S/C29H29N5O3S/c1-4-26(35)31-22-15-12-20(18-25(22)37-3)34-28(27(32-29(34)38)23-8-5-6-16-30-23)24-9-7-17-33(24)19-10-13-21(36-2)14-11-19/h5-18,27-28H,4H2,1-3H3,(H,31,35)(H,32,38)/t27-,28+/m1/s1. The Morgan fingerprint density at radius 3 is 2.50 bits per heavy atom. The molecule has 3 heterocycles. The van der Waals surface area contributed by atoms with Gasteiger partial charge < -0.3 is 29.6 Å². The number of aromatic nitrogens is 2. The van der Waals surface area contributed by atoms with Gasteiger partial charge in [-0.3, -0.25) is 9.78 Å². The molecule has 1 fully saturated rings. The molecule has 4 aromatic rings. The first-order chi connectivity index (χ1) is 18.5. The molecule has 2 atom stereocenters. The second-order valence-corrected chi connectivity index (χ2v) is 9.17. The SMILES string of the molecule is CCC(=O)Nc1ccc(N2C(=S)N[C@H](c3ccccn3)[C@@H]2c2cccn2-c2ccc(OC)cc2)cc1OC. The quantitative estimate of drug-likeness (QED) is 0.296. The Labute approximate surface area is 227 Å². The number of amides is 1. The minimum atomic E-state index is -0.227. The number of ether oxygens (including phenoxy) is 2. The Morgan fingerprint density at radius 2 is 1.82 bits per heavy atom. The number of thiocarbonyl (C=S) groups is 1. The maximum Gasteiger partial charge on any atom is 0.224 e. The van der Waals surface area contributed by atoms with Crippen molar-refractivity contribution in [3.05, 3.63) is 96.6 Å². The predicted molar refractivity (Wildman–Crippen MR) is 152 cm³/mol. The second kappa shape index (κ2) is 10.9. The van der Waals surface area contributed by atoms with Crippen molar-refractivity contribution in [2.45, 2.75) is 25.4 Å². The topological polar surface area (TPSA) is 80.7 Å². The third-order valence-corrected chi connectivity index (χ3v) is 6.91. The van der Waals surface area contributed by atoms with Crippen molar-refractivity contribution >= 4 is 34.6 Å². The Morgan fingerprint density at radius 1 is 1.03 bits per heavy atom. The van der Waals surface area contributed by atoms with E-state index in [0.717, 1.165) is 28.5 Å². The van der Waals surface area contributed by atoms with Gasteiger partial charge >= 0.3 is 0 Å². The summed E-state index contributed by atoms with van der Waals surface area (Å²) in [5.41, 5.74) is 4.35. The van der Waals surface area contributed by atoms with Crippen molar-refractivity contribution in [3.63, 3.8) is 0 Å². The highest BCUT2D eigenvalue weighted by molar-refractivity contribution is 7.80. The van der Waals surface area contributed by atoms with Crippen LogP contribution in [-0.4, -0.2) is 34.8 Å². The average molecular weight is 528 g/mol. The molecule has 0 aliphatic carbocycles. The molecule has 194 valence electrons. The molecule has 1 aliphatic heterocycles. The zero-order valence-electron chi connectivity index (χ0n) is 21.4. The van der Waals surface area contributed by atoms with Crippen LogP contribution in [0.2, 0.25) is 0 Å². The van der Waals surface area contributed by atoms with E-state index in [2.05, 4.69) is 31.2 Å². The van der Waals surface area contributed by atoms with Gasteiger partial charge in [-0.05, 0) is 72.9 Å². The molecular weight excluding hydrogens is 498 g/mol. The van der Waals surface area contributed by atoms with Gasteiger partial charge in [0.15, 0.2) is 5.11 Å². The molecule has 1 amide bonds. The van der Waals surface area contributed by atoms with Crippen LogP contribution in [0.4, 0.5) is 11.4 Å². The number of anilines is 2. The Hall–Kier alpha value is -4.37. The van der Waals surface area contributed by atoms with Crippen molar-refractivity contribution < 1.29 is 14.3 Å². The number of methoxy groups -OCH3 is 2. The monoisotopic (exact) mass is 527 g/mol. The van der Waals surface area contributed by atoms with Gasteiger partial charge in [0.2, 0.25) is 5.91 Å². The molecular formula is C29H29N5O3S. The largest absolute Gasteiger partial charge is 0.497 e. The summed E-state index contributed by atoms with van der Waals surface area (Å²) in [6.07, 6.45) is 4.20. The van der Waals surface area contributed by atoms with Gasteiger partial charge in [0.25, 0.3) is 0 Å². The Kier molecular flexibility index (Phi) is 7.28. The zero-order chi connectivity index (χ0) is 26.6. The average Bonchev–Trinajstić information content (AvgIpc) is 3.58. The van der Waals surface area contributed by atoms with Crippen molar-refractivity contribution in [3.8, 4) is 17.2 Å². The number of pyridine rings is 1. The minimum absolute atomic E-state index is 0.0835. The number of hydrogen-bond donors (Lipinski definition) is 2. The third-order valence-electron chi connectivity index (χ3n) is 6.59. The summed E-state index contributed by atoms with van der Waals surface area (Å²) in [7, 11) is 3.24. The van der Waals surface area contributed by atoms with Crippen LogP contribution < -0.4 is 25.0 Å². The molecule has 1 saturated heterocycles. The van der Waals surface area contributed by atoms with E-state index in [1.54, 1.807) is 20.4 Å². The molecule has 0 unspecified atom stereocenters. The lowest BCUT2D eigenvalue weighted by atomic mass is 10.0. The van der Waals surface area contributed by atoms with E-state index in [-0.39, 0.29) is 18.0 Å². The molecule has 8 nitrogen and oxygen atoms in total. The van der Waals surface area contributed by atoms with E-state index in [1.807, 2.05) is 79.9 Å². The summed E-state index contributed by atoms with van der Waals surface area (Å²) in [5.74, 6) is 1.26. The van der Waals surface area contributed by atoms with Crippen molar-refractivity contribution in [2.75, 3.05) is 24.4 Å². The van der Waals surface area contributed by atoms with E-state index >= 15 is 0 Å². The van der Waals surface area contributed by atoms with Crippen LogP contribution in [0.3, 0.4) is 0 Å². The molecule has 0 saturated carbocycles. The van der Waals surface area contributed by atoms with Gasteiger partial charge in [-0.2, -0.15) is 0 Å². The van der Waals surface area contributed by atoms with Gasteiger partial charge in [-0.25, -0.2) is 0 Å². The molecule has 5 rings (SSSR count). The highest BCUT2D eigenvalue weighted by Gasteiger charge is 2.42. The van der Waals surface area contributed by atoms with Gasteiger partial charge in [-0.1, -0.05) is 13.0 Å². The molecule has 0 bridgehead atoms. The maximum atomic E-state index is 12.0. The van der Waals surface area contributed by atoms with Gasteiger partial charge in [-0.15, -0.1) is 0 Å². The molecule has 9 heteroatoms. The molecule has 0 spiro atoms. The molecule has 38 heavy (non-hydrogen) atoms. The zero-order valence-corrected chi connectivity index (χ0v) is 22.2. The summed E-state index contributed by atoms with van der Waals surface area (Å²) in [4.78, 5) is 18.8. The summed E-state index contributed by atoms with van der Waals surface area (Å²) >= 11 is 5.90. The van der Waals surface area contributed by atoms with Crippen LogP contribution in [0.1, 0.15) is 36.8 Å². The van der Waals surface area contributed by atoms with Crippen LogP contribution in [0.15, 0.2) is 85.2 Å². The fraction of sp³-hybridized carbons (Fsp3) is 0.207. The lowest BCUT2D eigenvalue weighted by Crippen LogP contribution is -2.30. The maximum absolute atomic E-state index is 12.0.